The Morgan fingerprint density at radius 2 is 1.38 bits per heavy atom. The summed E-state index contributed by atoms with van der Waals surface area (Å²) >= 11 is -2.00. The Morgan fingerprint density at radius 3 is 1.62 bits per heavy atom. The molecule has 0 amide bonds. The van der Waals surface area contributed by atoms with Crippen molar-refractivity contribution in [1.82, 2.24) is 0 Å². The van der Waals surface area contributed by atoms with Gasteiger partial charge in [0, 0.05) is 0 Å². The van der Waals surface area contributed by atoms with Crippen molar-refractivity contribution in [3.05, 3.63) is 34.9 Å². The van der Waals surface area contributed by atoms with Gasteiger partial charge in [0.15, 0.2) is 0 Å². The van der Waals surface area contributed by atoms with Gasteiger partial charge in [-0.1, -0.05) is 6.07 Å². The van der Waals surface area contributed by atoms with Crippen LogP contribution in [0.15, 0.2) is 18.2 Å². The summed E-state index contributed by atoms with van der Waals surface area (Å²) in [6, 6.07) is 4.17. The topological polar surface area (TPSA) is 109 Å². The van der Waals surface area contributed by atoms with Crippen LogP contribution in [0.25, 0.3) is 0 Å². The number of benzene rings is 1. The van der Waals surface area contributed by atoms with Gasteiger partial charge in [0.25, 0.3) is 0 Å². The second-order valence-corrected chi connectivity index (χ2v) is 2.93. The van der Waals surface area contributed by atoms with Crippen LogP contribution in [0.4, 0.5) is 0 Å². The third kappa shape index (κ3) is 3.92. The van der Waals surface area contributed by atoms with Crippen LogP contribution in [0.1, 0.15) is 26.3 Å². The number of hydrogen-bond acceptors (Lipinski definition) is 4. The summed E-state index contributed by atoms with van der Waals surface area (Å²) in [5.41, 5.74) is 0.335. The first-order chi connectivity index (χ1) is 7.45. The first-order valence-electron chi connectivity index (χ1n) is 4.01. The molecule has 0 spiro atoms. The third-order valence-corrected chi connectivity index (χ3v) is 1.79. The van der Waals surface area contributed by atoms with E-state index in [2.05, 4.69) is 0 Å². The fourth-order valence-electron chi connectivity index (χ4n) is 1.10. The van der Waals surface area contributed by atoms with Gasteiger partial charge in [-0.25, -0.2) is 9.59 Å². The average Bonchev–Trinajstić information content (AvgIpc) is 2.18. The van der Waals surface area contributed by atoms with Gasteiger partial charge in [0.1, 0.15) is 0 Å². The molecular formula is C9H8O6Ti. The molecule has 0 heterocycles. The Kier molecular flexibility index (Phi) is 6.21. The zero-order chi connectivity index (χ0) is 12.7. The molecule has 0 radical (unpaired) electrons. The number of hydrogen-bond donors (Lipinski definition) is 2. The molecule has 1 aromatic carbocycles. The van der Waals surface area contributed by atoms with Gasteiger partial charge in [-0.3, -0.25) is 0 Å². The molecule has 84 valence electrons. The first kappa shape index (κ1) is 14.5. The fraction of sp³-hybridized carbons (Fsp3) is 0.111. The number of rotatable bonds is 2. The van der Waals surface area contributed by atoms with Crippen LogP contribution in [0, 0.1) is 6.92 Å². The van der Waals surface area contributed by atoms with Crippen LogP contribution >= 0.6 is 0 Å². The van der Waals surface area contributed by atoms with Crippen LogP contribution in [-0.4, -0.2) is 22.2 Å². The summed E-state index contributed by atoms with van der Waals surface area (Å²) in [6.45, 7) is 1.48. The van der Waals surface area contributed by atoms with E-state index in [1.54, 1.807) is 0 Å². The minimum atomic E-state index is -2.00. The monoisotopic (exact) mass is 260 g/mol. The van der Waals surface area contributed by atoms with Crippen molar-refractivity contribution in [2.45, 2.75) is 6.92 Å². The number of carboxylic acid groups (broad SMARTS) is 2. The van der Waals surface area contributed by atoms with Crippen molar-refractivity contribution in [2.24, 2.45) is 0 Å². The van der Waals surface area contributed by atoms with Gasteiger partial charge in [-0.15, -0.1) is 0 Å². The van der Waals surface area contributed by atoms with Gasteiger partial charge in [0.05, 0.1) is 11.1 Å². The molecule has 0 atom stereocenters. The molecule has 2 N–H and O–H groups in total. The summed E-state index contributed by atoms with van der Waals surface area (Å²) in [6.07, 6.45) is 0. The molecule has 6 nitrogen and oxygen atoms in total. The van der Waals surface area contributed by atoms with E-state index in [0.717, 1.165) is 0 Å². The van der Waals surface area contributed by atoms with Crippen molar-refractivity contribution in [2.75, 3.05) is 0 Å². The summed E-state index contributed by atoms with van der Waals surface area (Å²) in [7, 11) is 0. The molecule has 0 unspecified atom stereocenters. The molecule has 1 aromatic rings. The maximum atomic E-state index is 10.6. The van der Waals surface area contributed by atoms with Crippen molar-refractivity contribution >= 4 is 11.9 Å². The number of carboxylic acids is 2. The van der Waals surface area contributed by atoms with E-state index in [1.807, 2.05) is 0 Å². The van der Waals surface area contributed by atoms with Gasteiger partial charge < -0.3 is 10.2 Å². The average molecular weight is 260 g/mol. The molecule has 0 aliphatic carbocycles. The molecule has 0 aromatic heterocycles. The predicted octanol–water partition coefficient (Wildman–Crippen LogP) is 1.15. The molecule has 0 aliphatic rings. The summed E-state index contributed by atoms with van der Waals surface area (Å²) in [4.78, 5) is 21.2. The molecular weight excluding hydrogens is 252 g/mol. The van der Waals surface area contributed by atoms with Crippen LogP contribution in [0.5, 0.6) is 0 Å². The van der Waals surface area contributed by atoms with E-state index >= 15 is 0 Å². The first-order valence-corrected chi connectivity index (χ1v) is 5.28. The summed E-state index contributed by atoms with van der Waals surface area (Å²) < 4.78 is 17.0. The van der Waals surface area contributed by atoms with Gasteiger partial charge in [-0.2, -0.15) is 0 Å². The van der Waals surface area contributed by atoms with E-state index in [4.69, 9.17) is 16.9 Å². The van der Waals surface area contributed by atoms with Crippen LogP contribution in [0.2, 0.25) is 0 Å². The summed E-state index contributed by atoms with van der Waals surface area (Å²) in [5.74, 6) is -2.22. The Morgan fingerprint density at radius 1 is 1.06 bits per heavy atom. The zero-order valence-corrected chi connectivity index (χ0v) is 9.82. The van der Waals surface area contributed by atoms with Crippen molar-refractivity contribution < 1.29 is 45.5 Å². The van der Waals surface area contributed by atoms with Crippen molar-refractivity contribution in [1.29, 1.82) is 0 Å². The molecule has 1 rings (SSSR count). The maximum absolute atomic E-state index is 10.6. The molecule has 0 saturated heterocycles. The molecule has 0 saturated carbocycles. The second-order valence-electron chi connectivity index (χ2n) is 2.67. The SMILES string of the molecule is Cc1c(C(=O)O)cccc1C(=O)O.[O]=[Ti]=[O]. The van der Waals surface area contributed by atoms with Crippen LogP contribution < -0.4 is 0 Å². The van der Waals surface area contributed by atoms with E-state index in [1.165, 1.54) is 25.1 Å². The number of carbonyl (C=O) groups is 2. The van der Waals surface area contributed by atoms with Gasteiger partial charge >= 0.3 is 37.7 Å². The van der Waals surface area contributed by atoms with Crippen LogP contribution in [0.3, 0.4) is 0 Å². The van der Waals surface area contributed by atoms with Gasteiger partial charge in [0.2, 0.25) is 0 Å². The third-order valence-electron chi connectivity index (χ3n) is 1.79. The Labute approximate surface area is 99.5 Å². The standard InChI is InChI=1S/C9H8O4.2O.Ti/c1-5-6(8(10)11)3-2-4-7(5)9(12)13;;;/h2-4H,1H3,(H,10,11)(H,12,13);;;. The Balaban J connectivity index is 0.000000673. The number of aromatic carboxylic acids is 2. The van der Waals surface area contributed by atoms with Crippen molar-refractivity contribution in [3.8, 4) is 0 Å². The molecule has 0 bridgehead atoms. The molecule has 16 heavy (non-hydrogen) atoms. The normalized spacial score (nSPS) is 8.31. The van der Waals surface area contributed by atoms with E-state index < -0.39 is 31.0 Å². The summed E-state index contributed by atoms with van der Waals surface area (Å²) in [5, 5.41) is 17.4. The zero-order valence-electron chi connectivity index (χ0n) is 8.26. The van der Waals surface area contributed by atoms with Crippen LogP contribution in [-0.2, 0) is 25.7 Å². The van der Waals surface area contributed by atoms with Gasteiger partial charge in [-0.05, 0) is 24.6 Å². The van der Waals surface area contributed by atoms with E-state index in [9.17, 15) is 9.59 Å². The minimum absolute atomic E-state index is 0.0277. The Hall–Kier alpha value is -1.53. The Bertz CT molecular complexity index is 415. The van der Waals surface area contributed by atoms with E-state index in [-0.39, 0.29) is 16.7 Å². The quantitative estimate of drug-likeness (QED) is 0.772. The molecule has 7 heteroatoms. The fourth-order valence-corrected chi connectivity index (χ4v) is 1.10. The molecule has 0 fully saturated rings. The second kappa shape index (κ2) is 6.87. The van der Waals surface area contributed by atoms with Crippen molar-refractivity contribution in [3.63, 3.8) is 0 Å². The predicted molar refractivity (Wildman–Crippen MR) is 46.5 cm³/mol. The van der Waals surface area contributed by atoms with E-state index in [0.29, 0.717) is 0 Å². The molecule has 0 aliphatic heterocycles.